The largest absolute Gasteiger partial charge is 0.355 e. The molecule has 0 fully saturated rings. The lowest BCUT2D eigenvalue weighted by Gasteiger charge is -2.17. The molecule has 178 valence electrons. The van der Waals surface area contributed by atoms with Crippen LogP contribution in [0, 0.1) is 23.2 Å². The number of hydrogen-bond acceptors (Lipinski definition) is 5. The lowest BCUT2D eigenvalue weighted by Crippen LogP contribution is -2.39. The van der Waals surface area contributed by atoms with E-state index in [9.17, 15) is 19.2 Å². The second kappa shape index (κ2) is 10.9. The van der Waals surface area contributed by atoms with Gasteiger partial charge in [0, 0.05) is 38.0 Å². The van der Waals surface area contributed by atoms with Crippen molar-refractivity contribution in [2.45, 2.75) is 53.1 Å². The number of amides is 1. The van der Waals surface area contributed by atoms with Crippen molar-refractivity contribution in [3.8, 4) is 6.07 Å². The summed E-state index contributed by atoms with van der Waals surface area (Å²) >= 11 is 0. The molecule has 0 spiro atoms. The number of allylic oxidation sites excluding steroid dienone is 3. The molecule has 1 aromatic heterocycles. The van der Waals surface area contributed by atoms with E-state index in [1.165, 1.54) is 4.57 Å². The average molecular weight is 463 g/mol. The Hall–Kier alpha value is -3.73. The fourth-order valence-corrected chi connectivity index (χ4v) is 4.27. The smallest absolute Gasteiger partial charge is 0.331 e. The molecule has 1 N–H and O–H groups in total. The van der Waals surface area contributed by atoms with Gasteiger partial charge < -0.3 is 5.32 Å². The van der Waals surface area contributed by atoms with Gasteiger partial charge in [0.05, 0.1) is 22.9 Å². The third-order valence-corrected chi connectivity index (χ3v) is 6.08. The van der Waals surface area contributed by atoms with E-state index >= 15 is 0 Å². The van der Waals surface area contributed by atoms with Gasteiger partial charge in [0.1, 0.15) is 5.78 Å². The Kier molecular flexibility index (Phi) is 8.00. The molecular weight excluding hydrogens is 432 g/mol. The molecule has 3 rings (SSSR count). The zero-order valence-corrected chi connectivity index (χ0v) is 19.8. The van der Waals surface area contributed by atoms with Gasteiger partial charge >= 0.3 is 5.69 Å². The summed E-state index contributed by atoms with van der Waals surface area (Å²) in [7, 11) is 0. The zero-order valence-electron chi connectivity index (χ0n) is 19.8. The van der Waals surface area contributed by atoms with Crippen molar-refractivity contribution in [2.24, 2.45) is 11.8 Å². The van der Waals surface area contributed by atoms with Gasteiger partial charge in [-0.15, -0.1) is 0 Å². The van der Waals surface area contributed by atoms with Crippen molar-refractivity contribution < 1.29 is 9.59 Å². The van der Waals surface area contributed by atoms with Crippen molar-refractivity contribution >= 4 is 22.6 Å². The molecule has 1 heterocycles. The summed E-state index contributed by atoms with van der Waals surface area (Å²) < 4.78 is 2.77. The van der Waals surface area contributed by atoms with Crippen LogP contribution in [0.1, 0.15) is 39.2 Å². The van der Waals surface area contributed by atoms with Gasteiger partial charge in [-0.2, -0.15) is 5.26 Å². The monoisotopic (exact) mass is 462 g/mol. The molecule has 0 bridgehead atoms. The molecule has 2 aromatic rings. The van der Waals surface area contributed by atoms with Gasteiger partial charge in [-0.05, 0) is 50.0 Å². The number of hydrogen-bond donors (Lipinski definition) is 1. The van der Waals surface area contributed by atoms with Gasteiger partial charge in [0.2, 0.25) is 5.91 Å². The Morgan fingerprint density at radius 1 is 1.21 bits per heavy atom. The van der Waals surface area contributed by atoms with Gasteiger partial charge in [-0.3, -0.25) is 23.5 Å². The Bertz CT molecular complexity index is 1320. The molecule has 1 aromatic carbocycles. The first-order chi connectivity index (χ1) is 16.3. The first kappa shape index (κ1) is 24.9. The van der Waals surface area contributed by atoms with Crippen LogP contribution in [0.4, 0.5) is 0 Å². The number of benzene rings is 1. The number of aromatic nitrogens is 2. The van der Waals surface area contributed by atoms with Crippen molar-refractivity contribution in [2.75, 3.05) is 6.54 Å². The van der Waals surface area contributed by atoms with E-state index in [1.807, 2.05) is 13.8 Å². The van der Waals surface area contributed by atoms with Crippen molar-refractivity contribution in [3.05, 3.63) is 68.4 Å². The fourth-order valence-electron chi connectivity index (χ4n) is 4.27. The number of fused-ring (bicyclic) bond motifs is 1. The summed E-state index contributed by atoms with van der Waals surface area (Å²) in [6.07, 6.45) is 6.05. The molecular formula is C26H30N4O4. The third kappa shape index (κ3) is 5.42. The summed E-state index contributed by atoms with van der Waals surface area (Å²) in [5.41, 5.74) is 1.19. The van der Waals surface area contributed by atoms with Crippen LogP contribution < -0.4 is 16.6 Å². The molecule has 2 unspecified atom stereocenters. The predicted molar refractivity (Wildman–Crippen MR) is 130 cm³/mol. The maximum Gasteiger partial charge on any atom is 0.331 e. The number of aryl methyl sites for hydroxylation is 1. The van der Waals surface area contributed by atoms with Gasteiger partial charge in [-0.25, -0.2) is 4.79 Å². The number of carbonyl (C=O) groups excluding carboxylic acids is 2. The molecule has 0 saturated heterocycles. The van der Waals surface area contributed by atoms with Gasteiger partial charge in [-0.1, -0.05) is 25.1 Å². The quantitative estimate of drug-likeness (QED) is 0.615. The molecule has 2 atom stereocenters. The zero-order chi connectivity index (χ0) is 24.8. The van der Waals surface area contributed by atoms with Crippen molar-refractivity contribution in [3.63, 3.8) is 0 Å². The molecule has 8 nitrogen and oxygen atoms in total. The van der Waals surface area contributed by atoms with E-state index in [2.05, 4.69) is 11.4 Å². The minimum atomic E-state index is -0.368. The van der Waals surface area contributed by atoms with E-state index in [0.717, 1.165) is 5.56 Å². The Morgan fingerprint density at radius 2 is 1.94 bits per heavy atom. The Labute approximate surface area is 198 Å². The molecule has 1 aliphatic rings. The van der Waals surface area contributed by atoms with E-state index in [4.69, 9.17) is 5.26 Å². The first-order valence-electron chi connectivity index (χ1n) is 11.6. The van der Waals surface area contributed by atoms with Crippen LogP contribution in [0.2, 0.25) is 0 Å². The van der Waals surface area contributed by atoms with Crippen LogP contribution in [-0.4, -0.2) is 27.4 Å². The highest BCUT2D eigenvalue weighted by Gasteiger charge is 2.20. The average Bonchev–Trinajstić information content (AvgIpc) is 2.83. The Balaban J connectivity index is 1.63. The topological polar surface area (TPSA) is 114 Å². The van der Waals surface area contributed by atoms with E-state index in [1.54, 1.807) is 47.9 Å². The summed E-state index contributed by atoms with van der Waals surface area (Å²) in [6, 6.07) is 7.30. The highest BCUT2D eigenvalue weighted by molar-refractivity contribution is 5.84. The van der Waals surface area contributed by atoms with Crippen molar-refractivity contribution in [1.82, 2.24) is 14.5 Å². The highest BCUT2D eigenvalue weighted by Crippen LogP contribution is 2.18. The maximum atomic E-state index is 12.8. The maximum absolute atomic E-state index is 12.8. The van der Waals surface area contributed by atoms with Crippen LogP contribution >= 0.6 is 0 Å². The summed E-state index contributed by atoms with van der Waals surface area (Å²) in [5, 5.41) is 12.3. The minimum Gasteiger partial charge on any atom is -0.355 e. The molecule has 0 radical (unpaired) electrons. The number of nitrogens with one attached hydrogen (secondary N) is 1. The number of Topliss-reactive ketones (excluding diaryl/α,β-unsaturated/α-hetero) is 1. The van der Waals surface area contributed by atoms with Crippen LogP contribution in [0.15, 0.2) is 51.6 Å². The Morgan fingerprint density at radius 3 is 2.62 bits per heavy atom. The molecule has 34 heavy (non-hydrogen) atoms. The molecule has 8 heteroatoms. The van der Waals surface area contributed by atoms with E-state index < -0.39 is 0 Å². The SMILES string of the molecule is CCn1c(=O)c2cc(CC(=O)CC(C)CNC(=O)C3C=CC=C(C#N)C3)ccc2n(CC)c1=O. The lowest BCUT2D eigenvalue weighted by molar-refractivity contribution is -0.124. The van der Waals surface area contributed by atoms with Crippen LogP contribution in [-0.2, 0) is 29.1 Å². The molecule has 0 saturated carbocycles. The lowest BCUT2D eigenvalue weighted by atomic mass is 9.94. The number of rotatable bonds is 9. The number of nitriles is 1. The number of carbonyl (C=O) groups is 2. The molecule has 0 aliphatic heterocycles. The highest BCUT2D eigenvalue weighted by atomic mass is 16.2. The van der Waals surface area contributed by atoms with Crippen LogP contribution in [0.3, 0.4) is 0 Å². The summed E-state index contributed by atoms with van der Waals surface area (Å²) in [4.78, 5) is 50.3. The van der Waals surface area contributed by atoms with E-state index in [-0.39, 0.29) is 54.2 Å². The third-order valence-electron chi connectivity index (χ3n) is 6.08. The second-order valence-corrected chi connectivity index (χ2v) is 8.70. The molecule has 1 amide bonds. The predicted octanol–water partition coefficient (Wildman–Crippen LogP) is 2.48. The fraction of sp³-hybridized carbons (Fsp3) is 0.423. The minimum absolute atomic E-state index is 0.00740. The second-order valence-electron chi connectivity index (χ2n) is 8.70. The number of ketones is 1. The normalized spacial score (nSPS) is 16.1. The van der Waals surface area contributed by atoms with Crippen molar-refractivity contribution in [1.29, 1.82) is 5.26 Å². The summed E-state index contributed by atoms with van der Waals surface area (Å²) in [6.45, 7) is 6.60. The van der Waals surface area contributed by atoms with Crippen LogP contribution in [0.5, 0.6) is 0 Å². The number of nitrogens with zero attached hydrogens (tertiary/aromatic N) is 3. The van der Waals surface area contributed by atoms with Gasteiger partial charge in [0.25, 0.3) is 5.56 Å². The van der Waals surface area contributed by atoms with E-state index in [0.29, 0.717) is 36.0 Å². The van der Waals surface area contributed by atoms with Crippen LogP contribution in [0.25, 0.3) is 10.9 Å². The molecule has 1 aliphatic carbocycles. The first-order valence-corrected chi connectivity index (χ1v) is 11.6. The standard InChI is InChI=1S/C26H30N4O4/c1-4-29-23-10-9-18(14-22(23)25(33)30(5-2)26(29)34)13-21(31)11-17(3)16-28-24(32)20-8-6-7-19(12-20)15-27/h6-10,14,17,20H,4-5,11-13,16H2,1-3H3,(H,28,32). The summed E-state index contributed by atoms with van der Waals surface area (Å²) in [5.74, 6) is -0.570. The van der Waals surface area contributed by atoms with Gasteiger partial charge in [0.15, 0.2) is 0 Å².